The minimum atomic E-state index is -0.624. The molecule has 0 spiro atoms. The number of aryl methyl sites for hydroxylation is 2. The summed E-state index contributed by atoms with van der Waals surface area (Å²) >= 11 is 0. The van der Waals surface area contributed by atoms with Gasteiger partial charge in [-0.15, -0.1) is 0 Å². The lowest BCUT2D eigenvalue weighted by molar-refractivity contribution is -0.122. The number of hydrogen-bond donors (Lipinski definition) is 1. The molecule has 1 unspecified atom stereocenters. The van der Waals surface area contributed by atoms with Crippen LogP contribution in [-0.2, 0) is 23.2 Å². The van der Waals surface area contributed by atoms with Crippen molar-refractivity contribution in [2.45, 2.75) is 39.2 Å². The van der Waals surface area contributed by atoms with Gasteiger partial charge in [-0.05, 0) is 61.6 Å². The Balaban J connectivity index is 1.75. The molecule has 0 saturated carbocycles. The molecule has 0 aliphatic carbocycles. The van der Waals surface area contributed by atoms with Crippen LogP contribution < -0.4 is 10.6 Å². The van der Waals surface area contributed by atoms with Gasteiger partial charge in [-0.2, -0.15) is 0 Å². The standard InChI is InChI=1S/C26H26N2O2/c1-17-13-18(2)23-22(14-17)26(3,15-19-7-5-4-6-8-19)25(30)28(23)16-20-9-11-21(12-10-20)24(27)29/h4-14H,15-16H2,1-3H3,(H2,27,29). The van der Waals surface area contributed by atoms with Crippen molar-refractivity contribution < 1.29 is 9.59 Å². The van der Waals surface area contributed by atoms with Gasteiger partial charge in [0, 0.05) is 5.56 Å². The lowest BCUT2D eigenvalue weighted by Crippen LogP contribution is -2.39. The second kappa shape index (κ2) is 7.45. The van der Waals surface area contributed by atoms with E-state index in [0.29, 0.717) is 18.5 Å². The molecule has 3 aromatic rings. The molecule has 1 aliphatic heterocycles. The Hall–Kier alpha value is -3.40. The Morgan fingerprint density at radius 2 is 1.63 bits per heavy atom. The van der Waals surface area contributed by atoms with E-state index in [1.807, 2.05) is 35.2 Å². The molecule has 0 fully saturated rings. The van der Waals surface area contributed by atoms with Crippen LogP contribution in [-0.4, -0.2) is 11.8 Å². The third-order valence-corrected chi connectivity index (χ3v) is 6.01. The first-order valence-corrected chi connectivity index (χ1v) is 10.2. The highest BCUT2D eigenvalue weighted by Gasteiger charge is 2.48. The molecule has 4 nitrogen and oxygen atoms in total. The molecule has 0 aromatic heterocycles. The van der Waals surface area contributed by atoms with Gasteiger partial charge in [-0.1, -0.05) is 60.2 Å². The zero-order chi connectivity index (χ0) is 21.5. The van der Waals surface area contributed by atoms with E-state index in [1.54, 1.807) is 12.1 Å². The number of anilines is 1. The summed E-state index contributed by atoms with van der Waals surface area (Å²) in [5.74, 6) is -0.347. The van der Waals surface area contributed by atoms with Gasteiger partial charge in [0.25, 0.3) is 0 Å². The number of nitrogens with zero attached hydrogens (tertiary/aromatic N) is 1. The molecule has 0 saturated heterocycles. The molecule has 0 radical (unpaired) electrons. The van der Waals surface area contributed by atoms with E-state index in [9.17, 15) is 9.59 Å². The zero-order valence-corrected chi connectivity index (χ0v) is 17.6. The highest BCUT2D eigenvalue weighted by atomic mass is 16.2. The molecule has 0 bridgehead atoms. The van der Waals surface area contributed by atoms with Crippen LogP contribution >= 0.6 is 0 Å². The van der Waals surface area contributed by atoms with E-state index < -0.39 is 11.3 Å². The highest BCUT2D eigenvalue weighted by Crippen LogP contribution is 2.46. The van der Waals surface area contributed by atoms with Gasteiger partial charge >= 0.3 is 0 Å². The largest absolute Gasteiger partial charge is 0.366 e. The van der Waals surface area contributed by atoms with Crippen molar-refractivity contribution >= 4 is 17.5 Å². The van der Waals surface area contributed by atoms with E-state index in [-0.39, 0.29) is 5.91 Å². The Morgan fingerprint density at radius 1 is 0.967 bits per heavy atom. The van der Waals surface area contributed by atoms with Gasteiger partial charge in [0.1, 0.15) is 0 Å². The Labute approximate surface area is 177 Å². The molecule has 4 rings (SSSR count). The van der Waals surface area contributed by atoms with Crippen molar-refractivity contribution in [3.63, 3.8) is 0 Å². The van der Waals surface area contributed by atoms with Crippen LogP contribution in [0.15, 0.2) is 66.7 Å². The minimum Gasteiger partial charge on any atom is -0.366 e. The maximum atomic E-state index is 13.8. The number of amides is 2. The molecule has 3 aromatic carbocycles. The molecule has 2 amide bonds. The summed E-state index contributed by atoms with van der Waals surface area (Å²) < 4.78 is 0. The van der Waals surface area contributed by atoms with Gasteiger partial charge < -0.3 is 10.6 Å². The monoisotopic (exact) mass is 398 g/mol. The van der Waals surface area contributed by atoms with Crippen LogP contribution in [0.2, 0.25) is 0 Å². The third-order valence-electron chi connectivity index (χ3n) is 6.01. The van der Waals surface area contributed by atoms with Crippen LogP contribution in [0, 0.1) is 13.8 Å². The molecular formula is C26H26N2O2. The summed E-state index contributed by atoms with van der Waals surface area (Å²) in [5, 5.41) is 0. The number of fused-ring (bicyclic) bond motifs is 1. The predicted octanol–water partition coefficient (Wildman–Crippen LogP) is 4.45. The molecule has 1 heterocycles. The maximum Gasteiger partial charge on any atom is 0.248 e. The second-order valence-electron chi connectivity index (χ2n) is 8.42. The van der Waals surface area contributed by atoms with Crippen LogP contribution in [0.25, 0.3) is 0 Å². The lowest BCUT2D eigenvalue weighted by Gasteiger charge is -2.25. The van der Waals surface area contributed by atoms with Crippen LogP contribution in [0.1, 0.15) is 45.1 Å². The first kappa shape index (κ1) is 19.9. The first-order chi connectivity index (χ1) is 14.3. The van der Waals surface area contributed by atoms with Gasteiger partial charge in [0.2, 0.25) is 11.8 Å². The summed E-state index contributed by atoms with van der Waals surface area (Å²) in [6, 6.07) is 21.6. The number of rotatable bonds is 5. The molecular weight excluding hydrogens is 372 g/mol. The topological polar surface area (TPSA) is 63.4 Å². The van der Waals surface area contributed by atoms with Gasteiger partial charge in [-0.3, -0.25) is 9.59 Å². The number of carbonyl (C=O) groups excluding carboxylic acids is 2. The van der Waals surface area contributed by atoms with E-state index in [2.05, 4.69) is 45.0 Å². The van der Waals surface area contributed by atoms with Crippen molar-refractivity contribution in [2.75, 3.05) is 4.90 Å². The van der Waals surface area contributed by atoms with E-state index in [1.165, 1.54) is 0 Å². The van der Waals surface area contributed by atoms with E-state index >= 15 is 0 Å². The van der Waals surface area contributed by atoms with E-state index in [0.717, 1.165) is 33.5 Å². The maximum absolute atomic E-state index is 13.8. The smallest absolute Gasteiger partial charge is 0.248 e. The van der Waals surface area contributed by atoms with Gasteiger partial charge in [0.05, 0.1) is 17.6 Å². The fraction of sp³-hybridized carbons (Fsp3) is 0.231. The summed E-state index contributed by atoms with van der Waals surface area (Å²) in [6.07, 6.45) is 0.652. The summed E-state index contributed by atoms with van der Waals surface area (Å²) in [4.78, 5) is 27.0. The average molecular weight is 399 g/mol. The molecule has 2 N–H and O–H groups in total. The molecule has 1 atom stereocenters. The molecule has 1 aliphatic rings. The molecule has 152 valence electrons. The van der Waals surface area contributed by atoms with Crippen molar-refractivity contribution in [1.29, 1.82) is 0 Å². The Kier molecular flexibility index (Phi) is 4.94. The molecule has 4 heteroatoms. The summed E-state index contributed by atoms with van der Waals surface area (Å²) in [7, 11) is 0. The lowest BCUT2D eigenvalue weighted by atomic mass is 9.77. The number of benzene rings is 3. The van der Waals surface area contributed by atoms with Gasteiger partial charge in [-0.25, -0.2) is 0 Å². The summed E-state index contributed by atoms with van der Waals surface area (Å²) in [5.41, 5.74) is 11.6. The number of hydrogen-bond acceptors (Lipinski definition) is 2. The minimum absolute atomic E-state index is 0.106. The van der Waals surface area contributed by atoms with Crippen molar-refractivity contribution in [3.8, 4) is 0 Å². The highest BCUT2D eigenvalue weighted by molar-refractivity contribution is 6.08. The normalized spacial score (nSPS) is 17.8. The van der Waals surface area contributed by atoms with Crippen LogP contribution in [0.5, 0.6) is 0 Å². The average Bonchev–Trinajstić information content (AvgIpc) is 2.91. The first-order valence-electron chi connectivity index (χ1n) is 10.2. The summed E-state index contributed by atoms with van der Waals surface area (Å²) in [6.45, 7) is 6.65. The number of nitrogens with two attached hydrogens (primary N) is 1. The third kappa shape index (κ3) is 3.39. The van der Waals surface area contributed by atoms with Gasteiger partial charge in [0.15, 0.2) is 0 Å². The Morgan fingerprint density at radius 3 is 2.27 bits per heavy atom. The predicted molar refractivity (Wildman–Crippen MR) is 120 cm³/mol. The van der Waals surface area contributed by atoms with Crippen LogP contribution in [0.3, 0.4) is 0 Å². The molecule has 30 heavy (non-hydrogen) atoms. The van der Waals surface area contributed by atoms with E-state index in [4.69, 9.17) is 5.73 Å². The second-order valence-corrected chi connectivity index (χ2v) is 8.42. The van der Waals surface area contributed by atoms with Crippen molar-refractivity contribution in [3.05, 3.63) is 100 Å². The Bertz CT molecular complexity index is 1120. The van der Waals surface area contributed by atoms with Crippen LogP contribution in [0.4, 0.5) is 5.69 Å². The quantitative estimate of drug-likeness (QED) is 0.690. The van der Waals surface area contributed by atoms with Crippen molar-refractivity contribution in [1.82, 2.24) is 0 Å². The number of carbonyl (C=O) groups is 2. The zero-order valence-electron chi connectivity index (χ0n) is 17.6. The van der Waals surface area contributed by atoms with Crippen molar-refractivity contribution in [2.24, 2.45) is 5.73 Å². The number of primary amides is 1. The SMILES string of the molecule is Cc1cc(C)c2c(c1)C(C)(Cc1ccccc1)C(=O)N2Cc1ccc(C(N)=O)cc1. The fourth-order valence-corrected chi connectivity index (χ4v) is 4.54. The fourth-order valence-electron chi connectivity index (χ4n) is 4.54.